The van der Waals surface area contributed by atoms with Crippen molar-refractivity contribution in [3.05, 3.63) is 22.7 Å². The minimum atomic E-state index is -3.17. The van der Waals surface area contributed by atoms with Crippen molar-refractivity contribution in [2.45, 2.75) is 0 Å². The first kappa shape index (κ1) is 13.3. The summed E-state index contributed by atoms with van der Waals surface area (Å²) in [6.45, 7) is 0.314. The fourth-order valence-corrected chi connectivity index (χ4v) is 2.07. The molecule has 5 nitrogen and oxygen atoms in total. The quantitative estimate of drug-likeness (QED) is 0.708. The van der Waals surface area contributed by atoms with Crippen molar-refractivity contribution in [1.82, 2.24) is 4.72 Å². The zero-order chi connectivity index (χ0) is 12.2. The molecule has 1 rings (SSSR count). The van der Waals surface area contributed by atoms with E-state index in [1.54, 1.807) is 12.1 Å². The van der Waals surface area contributed by atoms with Gasteiger partial charge in [-0.1, -0.05) is 15.9 Å². The summed E-state index contributed by atoms with van der Waals surface area (Å²) < 4.78 is 25.4. The summed E-state index contributed by atoms with van der Waals surface area (Å²) in [6.07, 6.45) is 0. The Morgan fingerprint density at radius 2 is 2.12 bits per heavy atom. The molecule has 0 fully saturated rings. The van der Waals surface area contributed by atoms with E-state index in [2.05, 4.69) is 26.0 Å². The van der Waals surface area contributed by atoms with Crippen LogP contribution in [0.2, 0.25) is 0 Å². The van der Waals surface area contributed by atoms with Crippen LogP contribution in [0.1, 0.15) is 0 Å². The van der Waals surface area contributed by atoms with Crippen LogP contribution < -0.4 is 15.8 Å². The van der Waals surface area contributed by atoms with E-state index < -0.39 is 10.0 Å². The van der Waals surface area contributed by atoms with Gasteiger partial charge in [-0.15, -0.1) is 0 Å². The van der Waals surface area contributed by atoms with Crippen molar-refractivity contribution in [2.24, 2.45) is 0 Å². The normalized spacial score (nSPS) is 11.4. The third-order valence-electron chi connectivity index (χ3n) is 2.01. The van der Waals surface area contributed by atoms with Gasteiger partial charge in [0.15, 0.2) is 0 Å². The molecule has 1 aromatic rings. The standard InChI is InChI=1S/C9H14BrN3O2S/c1-12-16(14,15)5-4-13-9-3-2-7(10)6-8(9)11/h2-3,6,12-13H,4-5,11H2,1H3. The molecule has 0 heterocycles. The van der Waals surface area contributed by atoms with Crippen molar-refractivity contribution in [2.75, 3.05) is 30.4 Å². The molecular weight excluding hydrogens is 294 g/mol. The van der Waals surface area contributed by atoms with Gasteiger partial charge in [0.1, 0.15) is 0 Å². The van der Waals surface area contributed by atoms with Gasteiger partial charge in [0.2, 0.25) is 10.0 Å². The van der Waals surface area contributed by atoms with Gasteiger partial charge in [-0.05, 0) is 25.2 Å². The van der Waals surface area contributed by atoms with E-state index in [-0.39, 0.29) is 5.75 Å². The van der Waals surface area contributed by atoms with Crippen molar-refractivity contribution in [1.29, 1.82) is 0 Å². The van der Waals surface area contributed by atoms with Crippen LogP contribution in [0.5, 0.6) is 0 Å². The summed E-state index contributed by atoms with van der Waals surface area (Å²) in [5, 5.41) is 2.97. The molecule has 0 aliphatic carbocycles. The van der Waals surface area contributed by atoms with Crippen LogP contribution in [-0.4, -0.2) is 27.8 Å². The summed E-state index contributed by atoms with van der Waals surface area (Å²) in [4.78, 5) is 0. The first-order valence-electron chi connectivity index (χ1n) is 4.65. The zero-order valence-corrected chi connectivity index (χ0v) is 11.2. The smallest absolute Gasteiger partial charge is 0.213 e. The first-order valence-corrected chi connectivity index (χ1v) is 7.09. The lowest BCUT2D eigenvalue weighted by Crippen LogP contribution is -2.26. The van der Waals surface area contributed by atoms with Gasteiger partial charge in [0, 0.05) is 11.0 Å². The summed E-state index contributed by atoms with van der Waals surface area (Å²) in [5.74, 6) is 0.0129. The fraction of sp³-hybridized carbons (Fsp3) is 0.333. The van der Waals surface area contributed by atoms with E-state index in [4.69, 9.17) is 5.73 Å². The SMILES string of the molecule is CNS(=O)(=O)CCNc1ccc(Br)cc1N. The molecule has 0 saturated heterocycles. The summed E-state index contributed by atoms with van der Waals surface area (Å²) in [6, 6.07) is 5.39. The fourth-order valence-electron chi connectivity index (χ4n) is 1.12. The molecule has 1 aromatic carbocycles. The minimum absolute atomic E-state index is 0.0129. The van der Waals surface area contributed by atoms with Gasteiger partial charge in [0.25, 0.3) is 0 Å². The Labute approximate surface area is 104 Å². The summed E-state index contributed by atoms with van der Waals surface area (Å²) >= 11 is 3.29. The number of halogens is 1. The summed E-state index contributed by atoms with van der Waals surface area (Å²) in [7, 11) is -1.78. The maximum Gasteiger partial charge on any atom is 0.213 e. The van der Waals surface area contributed by atoms with Crippen LogP contribution in [0, 0.1) is 0 Å². The second kappa shape index (κ2) is 5.51. The lowest BCUT2D eigenvalue weighted by Gasteiger charge is -2.09. The van der Waals surface area contributed by atoms with Gasteiger partial charge in [-0.2, -0.15) is 0 Å². The molecule has 4 N–H and O–H groups in total. The Hall–Kier alpha value is -0.790. The second-order valence-electron chi connectivity index (χ2n) is 3.18. The third-order valence-corrected chi connectivity index (χ3v) is 3.87. The number of nitrogens with two attached hydrogens (primary N) is 1. The highest BCUT2D eigenvalue weighted by Crippen LogP contribution is 2.22. The Morgan fingerprint density at radius 1 is 1.44 bits per heavy atom. The highest BCUT2D eigenvalue weighted by molar-refractivity contribution is 9.10. The monoisotopic (exact) mass is 307 g/mol. The molecule has 0 aliphatic rings. The van der Waals surface area contributed by atoms with Crippen molar-refractivity contribution >= 4 is 37.3 Å². The Bertz CT molecular complexity index is 462. The topological polar surface area (TPSA) is 84.2 Å². The third kappa shape index (κ3) is 3.99. The maximum atomic E-state index is 11.1. The Morgan fingerprint density at radius 3 is 2.69 bits per heavy atom. The average molecular weight is 308 g/mol. The Balaban J connectivity index is 2.56. The lowest BCUT2D eigenvalue weighted by atomic mass is 10.3. The van der Waals surface area contributed by atoms with E-state index in [0.717, 1.165) is 10.2 Å². The molecule has 0 aromatic heterocycles. The van der Waals surface area contributed by atoms with Gasteiger partial charge in [0.05, 0.1) is 17.1 Å². The number of hydrogen-bond acceptors (Lipinski definition) is 4. The van der Waals surface area contributed by atoms with Gasteiger partial charge >= 0.3 is 0 Å². The van der Waals surface area contributed by atoms with E-state index in [0.29, 0.717) is 12.2 Å². The molecule has 0 aliphatic heterocycles. The predicted octanol–water partition coefficient (Wildman–Crippen LogP) is 0.992. The van der Waals surface area contributed by atoms with Crippen molar-refractivity contribution in [3.8, 4) is 0 Å². The number of rotatable bonds is 5. The molecule has 0 amide bonds. The van der Waals surface area contributed by atoms with E-state index in [9.17, 15) is 8.42 Å². The lowest BCUT2D eigenvalue weighted by molar-refractivity contribution is 0.588. The van der Waals surface area contributed by atoms with E-state index in [1.165, 1.54) is 7.05 Å². The molecule has 0 bridgehead atoms. The first-order chi connectivity index (χ1) is 7.44. The van der Waals surface area contributed by atoms with Crippen molar-refractivity contribution < 1.29 is 8.42 Å². The number of anilines is 2. The van der Waals surface area contributed by atoms with Crippen LogP contribution in [-0.2, 0) is 10.0 Å². The number of nitrogen functional groups attached to an aromatic ring is 1. The molecule has 0 radical (unpaired) electrons. The number of benzene rings is 1. The van der Waals surface area contributed by atoms with Gasteiger partial charge in [-0.25, -0.2) is 13.1 Å². The van der Waals surface area contributed by atoms with Crippen LogP contribution in [0.3, 0.4) is 0 Å². The molecule has 0 spiro atoms. The molecule has 0 atom stereocenters. The van der Waals surface area contributed by atoms with Crippen LogP contribution in [0.25, 0.3) is 0 Å². The van der Waals surface area contributed by atoms with E-state index >= 15 is 0 Å². The summed E-state index contributed by atoms with van der Waals surface area (Å²) in [5.41, 5.74) is 7.06. The van der Waals surface area contributed by atoms with Crippen LogP contribution in [0.15, 0.2) is 22.7 Å². The van der Waals surface area contributed by atoms with Crippen LogP contribution >= 0.6 is 15.9 Å². The molecule has 0 unspecified atom stereocenters. The average Bonchev–Trinajstić information content (AvgIpc) is 2.21. The second-order valence-corrected chi connectivity index (χ2v) is 6.14. The molecule has 7 heteroatoms. The van der Waals surface area contributed by atoms with Gasteiger partial charge < -0.3 is 11.1 Å². The number of nitrogens with one attached hydrogen (secondary N) is 2. The maximum absolute atomic E-state index is 11.1. The minimum Gasteiger partial charge on any atom is -0.397 e. The Kier molecular flexibility index (Phi) is 4.57. The van der Waals surface area contributed by atoms with Gasteiger partial charge in [-0.3, -0.25) is 0 Å². The largest absolute Gasteiger partial charge is 0.397 e. The highest BCUT2D eigenvalue weighted by atomic mass is 79.9. The number of sulfonamides is 1. The van der Waals surface area contributed by atoms with Crippen LogP contribution in [0.4, 0.5) is 11.4 Å². The zero-order valence-electron chi connectivity index (χ0n) is 8.83. The molecule has 90 valence electrons. The predicted molar refractivity (Wildman–Crippen MR) is 69.9 cm³/mol. The number of hydrogen-bond donors (Lipinski definition) is 3. The van der Waals surface area contributed by atoms with Crippen molar-refractivity contribution in [3.63, 3.8) is 0 Å². The molecular formula is C9H14BrN3O2S. The molecule has 16 heavy (non-hydrogen) atoms. The highest BCUT2D eigenvalue weighted by Gasteiger charge is 2.06. The molecule has 0 saturated carbocycles. The van der Waals surface area contributed by atoms with E-state index in [1.807, 2.05) is 6.07 Å².